The van der Waals surface area contributed by atoms with Crippen LogP contribution in [0.25, 0.3) is 0 Å². The number of rotatable bonds is 7. The van der Waals surface area contributed by atoms with Crippen molar-refractivity contribution < 1.29 is 14.9 Å². The molecule has 0 bridgehead atoms. The predicted molar refractivity (Wildman–Crippen MR) is 71.9 cm³/mol. The highest BCUT2D eigenvalue weighted by Gasteiger charge is 2.21. The molecule has 18 heavy (non-hydrogen) atoms. The summed E-state index contributed by atoms with van der Waals surface area (Å²) in [7, 11) is 1.59. The van der Waals surface area contributed by atoms with Crippen molar-refractivity contribution in [2.75, 3.05) is 13.7 Å². The maximum absolute atomic E-state index is 10.1. The van der Waals surface area contributed by atoms with Crippen molar-refractivity contribution in [3.05, 3.63) is 23.8 Å². The van der Waals surface area contributed by atoms with E-state index in [9.17, 15) is 10.2 Å². The van der Waals surface area contributed by atoms with E-state index in [4.69, 9.17) is 4.74 Å². The molecule has 0 fully saturated rings. The van der Waals surface area contributed by atoms with Crippen molar-refractivity contribution in [2.45, 2.75) is 38.8 Å². The highest BCUT2D eigenvalue weighted by molar-refractivity contribution is 5.39. The minimum atomic E-state index is -0.672. The molecule has 1 aromatic carbocycles. The molecule has 4 heteroatoms. The Morgan fingerprint density at radius 1 is 1.28 bits per heavy atom. The van der Waals surface area contributed by atoms with Crippen LogP contribution in [0.1, 0.15) is 32.3 Å². The van der Waals surface area contributed by atoms with Crippen LogP contribution in [0, 0.1) is 0 Å². The molecule has 0 saturated carbocycles. The van der Waals surface area contributed by atoms with Gasteiger partial charge >= 0.3 is 0 Å². The molecule has 0 aliphatic heterocycles. The van der Waals surface area contributed by atoms with Crippen molar-refractivity contribution >= 4 is 0 Å². The zero-order valence-corrected chi connectivity index (χ0v) is 11.4. The van der Waals surface area contributed by atoms with Crippen LogP contribution < -0.4 is 10.1 Å². The Morgan fingerprint density at radius 3 is 2.50 bits per heavy atom. The second kappa shape index (κ2) is 6.61. The number of nitrogens with one attached hydrogen (secondary N) is 1. The number of aromatic hydroxyl groups is 1. The molecule has 0 amide bonds. The lowest BCUT2D eigenvalue weighted by Gasteiger charge is -2.25. The summed E-state index contributed by atoms with van der Waals surface area (Å²) in [5.74, 6) is 0.950. The molecule has 0 unspecified atom stereocenters. The van der Waals surface area contributed by atoms with E-state index in [0.29, 0.717) is 31.7 Å². The molecule has 0 atom stereocenters. The Kier molecular flexibility index (Phi) is 5.44. The quantitative estimate of drug-likeness (QED) is 0.696. The van der Waals surface area contributed by atoms with Crippen LogP contribution >= 0.6 is 0 Å². The van der Waals surface area contributed by atoms with Gasteiger partial charge in [0, 0.05) is 18.7 Å². The Balaban J connectivity index is 2.58. The fourth-order valence-electron chi connectivity index (χ4n) is 1.76. The summed E-state index contributed by atoms with van der Waals surface area (Å²) in [6.45, 7) is 4.95. The fraction of sp³-hybridized carbons (Fsp3) is 0.571. The lowest BCUT2D eigenvalue weighted by molar-refractivity contribution is 0.0322. The molecule has 0 aromatic heterocycles. The molecule has 102 valence electrons. The Hall–Kier alpha value is -1.26. The number of hydrogen-bond acceptors (Lipinski definition) is 4. The monoisotopic (exact) mass is 253 g/mol. The summed E-state index contributed by atoms with van der Waals surface area (Å²) in [6, 6.07) is 5.12. The lowest BCUT2D eigenvalue weighted by Crippen LogP contribution is -2.39. The summed E-state index contributed by atoms with van der Waals surface area (Å²) in [4.78, 5) is 0. The van der Waals surface area contributed by atoms with E-state index in [1.165, 1.54) is 0 Å². The minimum Gasteiger partial charge on any atom is -0.508 e. The summed E-state index contributed by atoms with van der Waals surface area (Å²) in [6.07, 6.45) is 1.42. The number of phenols is 1. The molecule has 3 N–H and O–H groups in total. The largest absolute Gasteiger partial charge is 0.508 e. The highest BCUT2D eigenvalue weighted by atomic mass is 16.5. The average molecular weight is 253 g/mol. The normalized spacial score (nSPS) is 11.6. The van der Waals surface area contributed by atoms with E-state index in [1.807, 2.05) is 13.8 Å². The second-order valence-electron chi connectivity index (χ2n) is 4.53. The third kappa shape index (κ3) is 3.89. The fourth-order valence-corrected chi connectivity index (χ4v) is 1.76. The summed E-state index contributed by atoms with van der Waals surface area (Å²) in [5.41, 5.74) is 0.0954. The van der Waals surface area contributed by atoms with Crippen LogP contribution in [0.5, 0.6) is 11.5 Å². The van der Waals surface area contributed by atoms with Gasteiger partial charge in [-0.3, -0.25) is 0 Å². The molecular formula is C14H23NO3. The summed E-state index contributed by atoms with van der Waals surface area (Å²) >= 11 is 0. The van der Waals surface area contributed by atoms with Gasteiger partial charge in [-0.2, -0.15) is 0 Å². The highest BCUT2D eigenvalue weighted by Crippen LogP contribution is 2.23. The molecule has 4 nitrogen and oxygen atoms in total. The first-order valence-corrected chi connectivity index (χ1v) is 6.33. The smallest absolute Gasteiger partial charge is 0.120 e. The molecule has 0 aliphatic rings. The van der Waals surface area contributed by atoms with Gasteiger partial charge in [0.05, 0.1) is 12.7 Å². The number of phenolic OH excluding ortho intramolecular Hbond substituents is 1. The van der Waals surface area contributed by atoms with Crippen LogP contribution in [0.4, 0.5) is 0 Å². The lowest BCUT2D eigenvalue weighted by atomic mass is 9.97. The van der Waals surface area contributed by atoms with Crippen LogP contribution in [0.3, 0.4) is 0 Å². The molecular weight excluding hydrogens is 230 g/mol. The third-order valence-electron chi connectivity index (χ3n) is 3.37. The van der Waals surface area contributed by atoms with E-state index < -0.39 is 5.60 Å². The van der Waals surface area contributed by atoms with Gasteiger partial charge in [0.2, 0.25) is 0 Å². The van der Waals surface area contributed by atoms with Crippen molar-refractivity contribution in [3.63, 3.8) is 0 Å². The van der Waals surface area contributed by atoms with Gasteiger partial charge in [0.15, 0.2) is 0 Å². The second-order valence-corrected chi connectivity index (χ2v) is 4.53. The van der Waals surface area contributed by atoms with E-state index in [-0.39, 0.29) is 5.75 Å². The standard InChI is InChI=1S/C14H23NO3/c1-4-14(17,5-2)10-15-9-11-8-12(18-3)6-7-13(11)16/h6-8,15-17H,4-5,9-10H2,1-3H3. The van der Waals surface area contributed by atoms with Gasteiger partial charge in [0.25, 0.3) is 0 Å². The van der Waals surface area contributed by atoms with Gasteiger partial charge in [-0.25, -0.2) is 0 Å². The van der Waals surface area contributed by atoms with E-state index in [1.54, 1.807) is 25.3 Å². The number of methoxy groups -OCH3 is 1. The Labute approximate surface area is 109 Å². The van der Waals surface area contributed by atoms with Gasteiger partial charge in [0.1, 0.15) is 11.5 Å². The molecule has 0 radical (unpaired) electrons. The zero-order valence-electron chi connectivity index (χ0n) is 11.4. The number of aliphatic hydroxyl groups is 1. The molecule has 0 spiro atoms. The first kappa shape index (κ1) is 14.8. The van der Waals surface area contributed by atoms with Gasteiger partial charge < -0.3 is 20.3 Å². The summed E-state index contributed by atoms with van der Waals surface area (Å²) in [5, 5.41) is 23.0. The average Bonchev–Trinajstić information content (AvgIpc) is 2.40. The van der Waals surface area contributed by atoms with Crippen molar-refractivity contribution in [3.8, 4) is 11.5 Å². The van der Waals surface area contributed by atoms with E-state index in [0.717, 1.165) is 5.56 Å². The molecule has 0 aliphatic carbocycles. The molecule has 0 heterocycles. The molecule has 1 rings (SSSR count). The van der Waals surface area contributed by atoms with Crippen molar-refractivity contribution in [2.24, 2.45) is 0 Å². The van der Waals surface area contributed by atoms with Crippen molar-refractivity contribution in [1.29, 1.82) is 0 Å². The van der Waals surface area contributed by atoms with Crippen LogP contribution in [-0.4, -0.2) is 29.5 Å². The van der Waals surface area contributed by atoms with Gasteiger partial charge in [-0.1, -0.05) is 13.8 Å². The third-order valence-corrected chi connectivity index (χ3v) is 3.37. The van der Waals surface area contributed by atoms with Crippen LogP contribution in [0.2, 0.25) is 0 Å². The molecule has 1 aromatic rings. The first-order chi connectivity index (χ1) is 8.54. The number of ether oxygens (including phenoxy) is 1. The Bertz CT molecular complexity index is 375. The zero-order chi connectivity index (χ0) is 13.6. The summed E-state index contributed by atoms with van der Waals surface area (Å²) < 4.78 is 5.11. The maximum atomic E-state index is 10.1. The minimum absolute atomic E-state index is 0.236. The first-order valence-electron chi connectivity index (χ1n) is 6.33. The predicted octanol–water partition coefficient (Wildman–Crippen LogP) is 2.04. The number of benzene rings is 1. The van der Waals surface area contributed by atoms with Crippen LogP contribution in [0.15, 0.2) is 18.2 Å². The van der Waals surface area contributed by atoms with Gasteiger partial charge in [-0.15, -0.1) is 0 Å². The van der Waals surface area contributed by atoms with Gasteiger partial charge in [-0.05, 0) is 31.0 Å². The van der Waals surface area contributed by atoms with Crippen molar-refractivity contribution in [1.82, 2.24) is 5.32 Å². The maximum Gasteiger partial charge on any atom is 0.120 e. The SMILES string of the molecule is CCC(O)(CC)CNCc1cc(OC)ccc1O. The van der Waals surface area contributed by atoms with Crippen LogP contribution in [-0.2, 0) is 6.54 Å². The molecule has 0 saturated heterocycles. The number of hydrogen-bond donors (Lipinski definition) is 3. The van der Waals surface area contributed by atoms with E-state index in [2.05, 4.69) is 5.32 Å². The topological polar surface area (TPSA) is 61.7 Å². The van der Waals surface area contributed by atoms with E-state index >= 15 is 0 Å². The Morgan fingerprint density at radius 2 is 1.94 bits per heavy atom.